The molecule has 2 aromatic rings. The third-order valence-electron chi connectivity index (χ3n) is 5.49. The number of carbonyl (C=O) groups is 1. The van der Waals surface area contributed by atoms with Gasteiger partial charge in [0.1, 0.15) is 0 Å². The van der Waals surface area contributed by atoms with E-state index < -0.39 is 5.60 Å². The van der Waals surface area contributed by atoms with Gasteiger partial charge in [0.2, 0.25) is 0 Å². The summed E-state index contributed by atoms with van der Waals surface area (Å²) in [6, 6.07) is 14.7. The van der Waals surface area contributed by atoms with E-state index in [0.29, 0.717) is 13.0 Å². The molecular formula is C23H21BrO2. The van der Waals surface area contributed by atoms with Gasteiger partial charge in [-0.25, -0.2) is 0 Å². The molecule has 0 radical (unpaired) electrons. The molecule has 0 N–H and O–H groups in total. The Morgan fingerprint density at radius 3 is 2.85 bits per heavy atom. The average Bonchev–Trinajstić information content (AvgIpc) is 2.73. The summed E-state index contributed by atoms with van der Waals surface area (Å²) in [6.07, 6.45) is 6.30. The summed E-state index contributed by atoms with van der Waals surface area (Å²) in [5.74, 6) is 0.184. The van der Waals surface area contributed by atoms with E-state index in [1.165, 1.54) is 22.3 Å². The van der Waals surface area contributed by atoms with Crippen LogP contribution in [0.4, 0.5) is 0 Å². The van der Waals surface area contributed by atoms with Crippen molar-refractivity contribution in [3.05, 3.63) is 81.3 Å². The second kappa shape index (κ2) is 6.64. The van der Waals surface area contributed by atoms with Crippen LogP contribution in [0.5, 0.6) is 0 Å². The van der Waals surface area contributed by atoms with Crippen molar-refractivity contribution < 1.29 is 9.53 Å². The molecule has 2 aliphatic rings. The molecule has 4 rings (SSSR count). The molecule has 0 amide bonds. The zero-order valence-electron chi connectivity index (χ0n) is 15.0. The van der Waals surface area contributed by atoms with Gasteiger partial charge in [-0.1, -0.05) is 46.3 Å². The molecular weight excluding hydrogens is 388 g/mol. The molecule has 26 heavy (non-hydrogen) atoms. The first-order valence-corrected chi connectivity index (χ1v) is 9.68. The Morgan fingerprint density at radius 2 is 2.04 bits per heavy atom. The molecule has 3 heteroatoms. The lowest BCUT2D eigenvalue weighted by atomic mass is 9.75. The highest BCUT2D eigenvalue weighted by atomic mass is 79.9. The van der Waals surface area contributed by atoms with Crippen LogP contribution in [0.1, 0.15) is 41.5 Å². The third kappa shape index (κ3) is 3.10. The predicted molar refractivity (Wildman–Crippen MR) is 109 cm³/mol. The molecule has 1 heterocycles. The molecule has 1 aliphatic heterocycles. The van der Waals surface area contributed by atoms with Gasteiger partial charge < -0.3 is 4.74 Å². The number of aryl methyl sites for hydroxylation is 1. The average molecular weight is 409 g/mol. The van der Waals surface area contributed by atoms with Crippen molar-refractivity contribution in [3.63, 3.8) is 0 Å². The quantitative estimate of drug-likeness (QED) is 0.604. The summed E-state index contributed by atoms with van der Waals surface area (Å²) in [6.45, 7) is 4.73. The van der Waals surface area contributed by atoms with Crippen LogP contribution < -0.4 is 0 Å². The van der Waals surface area contributed by atoms with Gasteiger partial charge in [-0.05, 0) is 72.0 Å². The summed E-state index contributed by atoms with van der Waals surface area (Å²) in [5, 5.41) is 0. The van der Waals surface area contributed by atoms with E-state index in [-0.39, 0.29) is 11.7 Å². The zero-order valence-corrected chi connectivity index (χ0v) is 16.5. The van der Waals surface area contributed by atoms with Gasteiger partial charge in [-0.3, -0.25) is 4.79 Å². The second-order valence-electron chi connectivity index (χ2n) is 7.29. The minimum atomic E-state index is -0.467. The largest absolute Gasteiger partial charge is 0.366 e. The van der Waals surface area contributed by atoms with Gasteiger partial charge in [0.15, 0.2) is 5.78 Å². The van der Waals surface area contributed by atoms with Gasteiger partial charge in [-0.15, -0.1) is 0 Å². The van der Waals surface area contributed by atoms with Crippen LogP contribution in [0.2, 0.25) is 0 Å². The van der Waals surface area contributed by atoms with E-state index in [1.54, 1.807) is 6.08 Å². The third-order valence-corrected chi connectivity index (χ3v) is 5.98. The topological polar surface area (TPSA) is 26.3 Å². The van der Waals surface area contributed by atoms with Crippen LogP contribution in [0.3, 0.4) is 0 Å². The lowest BCUT2D eigenvalue weighted by molar-refractivity contribution is -0.117. The van der Waals surface area contributed by atoms with Crippen LogP contribution >= 0.6 is 15.9 Å². The van der Waals surface area contributed by atoms with Gasteiger partial charge in [0.25, 0.3) is 0 Å². The first-order valence-electron chi connectivity index (χ1n) is 8.88. The Labute approximate surface area is 162 Å². The van der Waals surface area contributed by atoms with Crippen molar-refractivity contribution in [1.29, 1.82) is 0 Å². The number of hydrogen-bond donors (Lipinski definition) is 0. The normalized spacial score (nSPS) is 26.3. The molecule has 2 atom stereocenters. The Kier molecular flexibility index (Phi) is 4.45. The van der Waals surface area contributed by atoms with Crippen molar-refractivity contribution in [2.24, 2.45) is 0 Å². The number of allylic oxidation sites excluding steroid dienone is 1. The molecule has 132 valence electrons. The molecule has 0 aromatic heterocycles. The van der Waals surface area contributed by atoms with E-state index in [0.717, 1.165) is 10.0 Å². The Morgan fingerprint density at radius 1 is 1.23 bits per heavy atom. The smallest absolute Gasteiger partial charge is 0.156 e. The van der Waals surface area contributed by atoms with Gasteiger partial charge in [-0.2, -0.15) is 0 Å². The Balaban J connectivity index is 1.90. The fourth-order valence-electron chi connectivity index (χ4n) is 3.90. The minimum absolute atomic E-state index is 0.0234. The van der Waals surface area contributed by atoms with Crippen LogP contribution in [-0.4, -0.2) is 18.0 Å². The number of hydrogen-bond acceptors (Lipinski definition) is 2. The van der Waals surface area contributed by atoms with Gasteiger partial charge >= 0.3 is 0 Å². The molecule has 0 unspecified atom stereocenters. The summed E-state index contributed by atoms with van der Waals surface area (Å²) in [7, 11) is 0. The molecule has 0 fully saturated rings. The van der Waals surface area contributed by atoms with E-state index in [4.69, 9.17) is 4.74 Å². The zero-order chi connectivity index (χ0) is 18.3. The Hall–Kier alpha value is -1.97. The van der Waals surface area contributed by atoms with E-state index in [2.05, 4.69) is 78.3 Å². The molecule has 2 aromatic carbocycles. The number of ether oxygens (including phenoxy) is 1. The van der Waals surface area contributed by atoms with Crippen LogP contribution in [-0.2, 0) is 9.53 Å². The fraction of sp³-hybridized carbons (Fsp3) is 0.261. The number of benzene rings is 2. The lowest BCUT2D eigenvalue weighted by Gasteiger charge is -2.36. The number of rotatable bonds is 1. The number of carbonyl (C=O) groups excluding carboxylic acids is 1. The van der Waals surface area contributed by atoms with Crippen molar-refractivity contribution in [2.75, 3.05) is 6.61 Å². The van der Waals surface area contributed by atoms with Crippen molar-refractivity contribution in [3.8, 4) is 0 Å². The highest BCUT2D eigenvalue weighted by Gasteiger charge is 2.41. The van der Waals surface area contributed by atoms with Crippen molar-refractivity contribution >= 4 is 33.4 Å². The van der Waals surface area contributed by atoms with Crippen LogP contribution in [0, 0.1) is 6.92 Å². The summed E-state index contributed by atoms with van der Waals surface area (Å²) in [4.78, 5) is 12.1. The maximum atomic E-state index is 12.1. The van der Waals surface area contributed by atoms with E-state index in [9.17, 15) is 4.79 Å². The van der Waals surface area contributed by atoms with E-state index >= 15 is 0 Å². The standard InChI is InChI=1S/C23H21BrO2/c1-15-5-3-4-6-16(15)11-17-14-26-23(2)10-9-19(25)13-22(23)21-12-18(24)7-8-20(17)21/h3-12,22H,13-14H2,1-2H3/b17-11+/t22-,23-/m0/s1. The summed E-state index contributed by atoms with van der Waals surface area (Å²) < 4.78 is 7.39. The molecule has 0 saturated carbocycles. The second-order valence-corrected chi connectivity index (χ2v) is 8.20. The SMILES string of the molecule is Cc1ccccc1/C=C1\CO[C@@]2(C)C=CC(=O)C[C@H]2c2cc(Br)ccc21. The van der Waals surface area contributed by atoms with Gasteiger partial charge in [0, 0.05) is 16.8 Å². The van der Waals surface area contributed by atoms with Crippen LogP contribution in [0.15, 0.2) is 59.1 Å². The first kappa shape index (κ1) is 17.4. The maximum Gasteiger partial charge on any atom is 0.156 e. The molecule has 0 saturated heterocycles. The molecule has 0 spiro atoms. The fourth-order valence-corrected chi connectivity index (χ4v) is 4.27. The van der Waals surface area contributed by atoms with Gasteiger partial charge in [0.05, 0.1) is 12.2 Å². The molecule has 1 aliphatic carbocycles. The number of halogens is 1. The highest BCUT2D eigenvalue weighted by Crippen LogP contribution is 2.45. The number of fused-ring (bicyclic) bond motifs is 3. The minimum Gasteiger partial charge on any atom is -0.366 e. The van der Waals surface area contributed by atoms with E-state index in [1.807, 2.05) is 6.08 Å². The maximum absolute atomic E-state index is 12.1. The first-order chi connectivity index (χ1) is 12.5. The monoisotopic (exact) mass is 408 g/mol. The van der Waals surface area contributed by atoms with Crippen LogP contribution in [0.25, 0.3) is 11.6 Å². The van der Waals surface area contributed by atoms with Crippen molar-refractivity contribution in [2.45, 2.75) is 31.8 Å². The predicted octanol–water partition coefficient (Wildman–Crippen LogP) is 5.70. The lowest BCUT2D eigenvalue weighted by Crippen LogP contribution is -2.37. The molecule has 0 bridgehead atoms. The summed E-state index contributed by atoms with van der Waals surface area (Å²) >= 11 is 3.60. The Bertz CT molecular complexity index is 941. The highest BCUT2D eigenvalue weighted by molar-refractivity contribution is 9.10. The molecule has 2 nitrogen and oxygen atoms in total. The summed E-state index contributed by atoms with van der Waals surface area (Å²) in [5.41, 5.74) is 5.47. The number of ketones is 1. The van der Waals surface area contributed by atoms with Crippen molar-refractivity contribution in [1.82, 2.24) is 0 Å².